The van der Waals surface area contributed by atoms with E-state index in [1.165, 1.54) is 154 Å². The van der Waals surface area contributed by atoms with Crippen LogP contribution >= 0.6 is 0 Å². The summed E-state index contributed by atoms with van der Waals surface area (Å²) in [5, 5.41) is 0. The first-order chi connectivity index (χ1) is 31.0. The van der Waals surface area contributed by atoms with Gasteiger partial charge in [-0.1, -0.05) is 223 Å². The smallest absolute Gasteiger partial charge is 0.306 e. The van der Waals surface area contributed by atoms with E-state index >= 15 is 0 Å². The number of allylic oxidation sites excluding steroid dienone is 8. The summed E-state index contributed by atoms with van der Waals surface area (Å²) in [5.41, 5.74) is 0. The Labute approximate surface area is 390 Å². The van der Waals surface area contributed by atoms with Gasteiger partial charge in [-0.2, -0.15) is 0 Å². The van der Waals surface area contributed by atoms with Crippen LogP contribution in [0.1, 0.15) is 278 Å². The lowest BCUT2D eigenvalue weighted by Crippen LogP contribution is -2.30. The molecule has 0 radical (unpaired) electrons. The topological polar surface area (TPSA) is 78.9 Å². The fourth-order valence-electron chi connectivity index (χ4n) is 7.68. The Bertz CT molecular complexity index is 1110. The zero-order valence-electron chi connectivity index (χ0n) is 41.8. The Kier molecular flexibility index (Phi) is 49.8. The van der Waals surface area contributed by atoms with Crippen molar-refractivity contribution in [3.05, 3.63) is 48.6 Å². The normalized spacial score (nSPS) is 12.4. The van der Waals surface area contributed by atoms with Gasteiger partial charge in [0.05, 0.1) is 0 Å². The third-order valence-corrected chi connectivity index (χ3v) is 11.8. The average molecular weight is 883 g/mol. The maximum absolute atomic E-state index is 12.7. The fraction of sp³-hybridized carbons (Fsp3) is 0.807. The van der Waals surface area contributed by atoms with Crippen LogP contribution in [0.5, 0.6) is 0 Å². The monoisotopic (exact) mass is 883 g/mol. The highest BCUT2D eigenvalue weighted by molar-refractivity contribution is 5.71. The van der Waals surface area contributed by atoms with Gasteiger partial charge in [0, 0.05) is 19.3 Å². The highest BCUT2D eigenvalue weighted by Gasteiger charge is 2.19. The predicted octanol–water partition coefficient (Wildman–Crippen LogP) is 17.9. The second-order valence-corrected chi connectivity index (χ2v) is 18.1. The molecule has 0 aromatic heterocycles. The van der Waals surface area contributed by atoms with Gasteiger partial charge < -0.3 is 14.2 Å². The van der Waals surface area contributed by atoms with Gasteiger partial charge in [-0.15, -0.1) is 0 Å². The van der Waals surface area contributed by atoms with Crippen LogP contribution in [0.3, 0.4) is 0 Å². The summed E-state index contributed by atoms with van der Waals surface area (Å²) in [7, 11) is 0. The van der Waals surface area contributed by atoms with Gasteiger partial charge in [-0.3, -0.25) is 14.4 Å². The summed E-state index contributed by atoms with van der Waals surface area (Å²) in [6, 6.07) is 0. The molecular weight excluding hydrogens is 781 g/mol. The van der Waals surface area contributed by atoms with Crippen molar-refractivity contribution in [3.8, 4) is 0 Å². The first kappa shape index (κ1) is 60.4. The van der Waals surface area contributed by atoms with E-state index < -0.39 is 6.10 Å². The molecule has 1 atom stereocenters. The van der Waals surface area contributed by atoms with Gasteiger partial charge in [0.1, 0.15) is 13.2 Å². The van der Waals surface area contributed by atoms with E-state index in [-0.39, 0.29) is 31.1 Å². The maximum Gasteiger partial charge on any atom is 0.306 e. The van der Waals surface area contributed by atoms with Crippen LogP contribution < -0.4 is 0 Å². The van der Waals surface area contributed by atoms with Gasteiger partial charge in [-0.25, -0.2) is 0 Å². The number of carbonyl (C=O) groups is 3. The van der Waals surface area contributed by atoms with Crippen molar-refractivity contribution in [1.29, 1.82) is 0 Å². The zero-order chi connectivity index (χ0) is 45.8. The van der Waals surface area contributed by atoms with Gasteiger partial charge >= 0.3 is 17.9 Å². The minimum Gasteiger partial charge on any atom is -0.462 e. The molecule has 1 unspecified atom stereocenters. The van der Waals surface area contributed by atoms with Crippen LogP contribution in [0, 0.1) is 0 Å². The molecule has 0 aromatic carbocycles. The lowest BCUT2D eigenvalue weighted by molar-refractivity contribution is -0.167. The largest absolute Gasteiger partial charge is 0.462 e. The Balaban J connectivity index is 4.11. The number of hydrogen-bond acceptors (Lipinski definition) is 6. The lowest BCUT2D eigenvalue weighted by Gasteiger charge is -2.18. The molecule has 0 spiro atoms. The highest BCUT2D eigenvalue weighted by Crippen LogP contribution is 2.15. The second kappa shape index (κ2) is 52.0. The van der Waals surface area contributed by atoms with E-state index in [9.17, 15) is 14.4 Å². The molecule has 0 rings (SSSR count). The van der Waals surface area contributed by atoms with Gasteiger partial charge in [-0.05, 0) is 83.5 Å². The Morgan fingerprint density at radius 3 is 0.905 bits per heavy atom. The summed E-state index contributed by atoms with van der Waals surface area (Å²) in [4.78, 5) is 37.7. The molecule has 0 saturated heterocycles. The summed E-state index contributed by atoms with van der Waals surface area (Å²) < 4.78 is 16.7. The van der Waals surface area contributed by atoms with E-state index in [4.69, 9.17) is 14.2 Å². The van der Waals surface area contributed by atoms with Crippen molar-refractivity contribution in [2.75, 3.05) is 13.2 Å². The second-order valence-electron chi connectivity index (χ2n) is 18.1. The number of ether oxygens (including phenoxy) is 3. The molecule has 0 aliphatic heterocycles. The number of carbonyl (C=O) groups excluding carboxylic acids is 3. The highest BCUT2D eigenvalue weighted by atomic mass is 16.6. The van der Waals surface area contributed by atoms with Crippen molar-refractivity contribution in [1.82, 2.24) is 0 Å². The van der Waals surface area contributed by atoms with E-state index in [0.29, 0.717) is 19.3 Å². The molecule has 0 aliphatic rings. The quantitative estimate of drug-likeness (QED) is 0.0262. The maximum atomic E-state index is 12.7. The zero-order valence-corrected chi connectivity index (χ0v) is 41.8. The van der Waals surface area contributed by atoms with Crippen LogP contribution in [0.15, 0.2) is 48.6 Å². The molecule has 0 fully saturated rings. The van der Waals surface area contributed by atoms with Gasteiger partial charge in [0.25, 0.3) is 0 Å². The SMILES string of the molecule is CCCCC/C=C\C/C=C\CCCCCCCCCC(=O)OC(COC(=O)CCCCCCC)COC(=O)CCCCCCCCCCCCC/C=C\C/C=C\CCCCCCC. The van der Waals surface area contributed by atoms with E-state index in [1.54, 1.807) is 0 Å². The fourth-order valence-corrected chi connectivity index (χ4v) is 7.68. The molecule has 6 nitrogen and oxygen atoms in total. The van der Waals surface area contributed by atoms with Crippen LogP contribution in [0.25, 0.3) is 0 Å². The van der Waals surface area contributed by atoms with Crippen LogP contribution in [-0.2, 0) is 28.6 Å². The van der Waals surface area contributed by atoms with Crippen molar-refractivity contribution in [2.24, 2.45) is 0 Å². The Hall–Kier alpha value is -2.63. The molecule has 63 heavy (non-hydrogen) atoms. The average Bonchev–Trinajstić information content (AvgIpc) is 3.28. The first-order valence-electron chi connectivity index (χ1n) is 27.1. The van der Waals surface area contributed by atoms with E-state index in [1.807, 2.05) is 0 Å². The molecule has 6 heteroatoms. The molecule has 0 heterocycles. The minimum absolute atomic E-state index is 0.0764. The molecule has 0 N–H and O–H groups in total. The summed E-state index contributed by atoms with van der Waals surface area (Å²) in [6.07, 6.45) is 62.8. The number of esters is 3. The predicted molar refractivity (Wildman–Crippen MR) is 270 cm³/mol. The van der Waals surface area contributed by atoms with Crippen molar-refractivity contribution >= 4 is 17.9 Å². The van der Waals surface area contributed by atoms with Crippen molar-refractivity contribution in [2.45, 2.75) is 284 Å². The minimum atomic E-state index is -0.773. The Morgan fingerprint density at radius 2 is 0.571 bits per heavy atom. The molecule has 0 saturated carbocycles. The Morgan fingerprint density at radius 1 is 0.317 bits per heavy atom. The number of hydrogen-bond donors (Lipinski definition) is 0. The summed E-state index contributed by atoms with van der Waals surface area (Å²) in [6.45, 7) is 6.53. The van der Waals surface area contributed by atoms with Crippen LogP contribution in [0.4, 0.5) is 0 Å². The number of rotatable bonds is 49. The lowest BCUT2D eigenvalue weighted by atomic mass is 10.0. The standard InChI is InChI=1S/C57H102O6/c1-4-7-10-13-15-17-19-21-23-25-26-27-28-29-30-32-33-35-37-39-41-44-47-50-56(59)62-53-54(52-61-55(58)49-46-43-12-9-6-3)63-57(60)51-48-45-42-40-38-36-34-31-24-22-20-18-16-14-11-8-5-2/h16,18-19,21-22,24-26,54H,4-15,17,20,23,27-53H2,1-3H3/b18-16-,21-19-,24-22-,26-25-. The van der Waals surface area contributed by atoms with E-state index in [2.05, 4.69) is 69.4 Å². The van der Waals surface area contributed by atoms with Crippen molar-refractivity contribution in [3.63, 3.8) is 0 Å². The van der Waals surface area contributed by atoms with E-state index in [0.717, 1.165) is 83.5 Å². The summed E-state index contributed by atoms with van der Waals surface area (Å²) in [5.74, 6) is -0.892. The number of unbranched alkanes of at least 4 members (excludes halogenated alkanes) is 30. The summed E-state index contributed by atoms with van der Waals surface area (Å²) >= 11 is 0. The third-order valence-electron chi connectivity index (χ3n) is 11.8. The first-order valence-corrected chi connectivity index (χ1v) is 27.1. The molecule has 0 aromatic rings. The molecule has 366 valence electrons. The third kappa shape index (κ3) is 50.2. The molecular formula is C57H102O6. The van der Waals surface area contributed by atoms with Crippen LogP contribution in [0.2, 0.25) is 0 Å². The molecule has 0 aliphatic carbocycles. The molecule has 0 bridgehead atoms. The van der Waals surface area contributed by atoms with Crippen molar-refractivity contribution < 1.29 is 28.6 Å². The molecule has 0 amide bonds. The van der Waals surface area contributed by atoms with Gasteiger partial charge in [0.15, 0.2) is 6.10 Å². The van der Waals surface area contributed by atoms with Crippen LogP contribution in [-0.4, -0.2) is 37.2 Å². The van der Waals surface area contributed by atoms with Gasteiger partial charge in [0.2, 0.25) is 0 Å².